The Morgan fingerprint density at radius 3 is 2.00 bits per heavy atom. The van der Waals surface area contributed by atoms with Gasteiger partial charge in [0.05, 0.1) is 5.11 Å². The molecule has 0 aliphatic rings. The van der Waals surface area contributed by atoms with Crippen LogP contribution in [0.5, 0.6) is 0 Å². The first-order chi connectivity index (χ1) is 7.01. The van der Waals surface area contributed by atoms with Crippen molar-refractivity contribution in [1.29, 1.82) is 0 Å². The van der Waals surface area contributed by atoms with Crippen LogP contribution in [0.1, 0.15) is 6.42 Å². The number of halogens is 1. The SMILES string of the molecule is CO[Si](CCCS(Cl)=C(N)N)(OC)OC. The largest absolute Gasteiger partial charge is 0.500 e. The molecule has 0 aliphatic heterocycles. The fourth-order valence-corrected chi connectivity index (χ4v) is 4.03. The van der Waals surface area contributed by atoms with Gasteiger partial charge in [-0.3, -0.25) is 11.5 Å². The van der Waals surface area contributed by atoms with Crippen LogP contribution in [0, 0.1) is 0 Å². The normalized spacial score (nSPS) is 14.0. The van der Waals surface area contributed by atoms with Crippen molar-refractivity contribution in [3.05, 3.63) is 0 Å². The van der Waals surface area contributed by atoms with Crippen molar-refractivity contribution in [2.75, 3.05) is 27.1 Å². The molecule has 1 atom stereocenters. The Morgan fingerprint density at radius 2 is 1.67 bits per heavy atom. The van der Waals surface area contributed by atoms with Gasteiger partial charge in [-0.15, -0.1) is 0 Å². The lowest BCUT2D eigenvalue weighted by Gasteiger charge is -2.24. The Balaban J connectivity index is 4.08. The van der Waals surface area contributed by atoms with Crippen LogP contribution in [0.3, 0.4) is 0 Å². The summed E-state index contributed by atoms with van der Waals surface area (Å²) in [5, 5.41) is 0.274. The maximum atomic E-state index is 5.91. The average Bonchev–Trinajstić information content (AvgIpc) is 2.24. The van der Waals surface area contributed by atoms with Crippen molar-refractivity contribution in [2.45, 2.75) is 12.5 Å². The van der Waals surface area contributed by atoms with Gasteiger partial charge in [-0.05, 0) is 17.1 Å². The Labute approximate surface area is 98.8 Å². The van der Waals surface area contributed by atoms with E-state index < -0.39 is 18.5 Å². The zero-order chi connectivity index (χ0) is 11.9. The summed E-state index contributed by atoms with van der Waals surface area (Å²) in [5.41, 5.74) is 10.8. The fraction of sp³-hybridized carbons (Fsp3) is 0.857. The zero-order valence-electron chi connectivity index (χ0n) is 9.29. The third kappa shape index (κ3) is 5.41. The summed E-state index contributed by atoms with van der Waals surface area (Å²) >= 11 is 0. The summed E-state index contributed by atoms with van der Waals surface area (Å²) in [7, 11) is 7.64. The molecule has 15 heavy (non-hydrogen) atoms. The van der Waals surface area contributed by atoms with Crippen molar-refractivity contribution in [1.82, 2.24) is 0 Å². The molecule has 0 aliphatic carbocycles. The molecule has 0 aromatic carbocycles. The number of hydrogen-bond donors (Lipinski definition) is 2. The topological polar surface area (TPSA) is 79.7 Å². The Kier molecular flexibility index (Phi) is 8.02. The lowest BCUT2D eigenvalue weighted by molar-refractivity contribution is 0.123. The van der Waals surface area contributed by atoms with Gasteiger partial charge in [0, 0.05) is 33.1 Å². The third-order valence-corrected chi connectivity index (χ3v) is 6.98. The van der Waals surface area contributed by atoms with Crippen LogP contribution in [0.15, 0.2) is 0 Å². The minimum atomic E-state index is -2.46. The van der Waals surface area contributed by atoms with Gasteiger partial charge in [0.25, 0.3) is 0 Å². The number of rotatable bonds is 7. The highest BCUT2D eigenvalue weighted by Crippen LogP contribution is 2.23. The predicted molar refractivity (Wildman–Crippen MR) is 67.9 cm³/mol. The second-order valence-electron chi connectivity index (χ2n) is 2.84. The molecule has 0 aromatic rings. The van der Waals surface area contributed by atoms with E-state index in [0.717, 1.165) is 6.42 Å². The highest BCUT2D eigenvalue weighted by Gasteiger charge is 2.36. The van der Waals surface area contributed by atoms with E-state index in [-0.39, 0.29) is 5.11 Å². The number of hydrogen-bond acceptors (Lipinski definition) is 3. The maximum Gasteiger partial charge on any atom is 0.500 e. The Bertz CT molecular complexity index is 214. The first-order valence-corrected chi connectivity index (χ1v) is 8.57. The minimum Gasteiger partial charge on any atom is -0.377 e. The maximum absolute atomic E-state index is 5.91. The van der Waals surface area contributed by atoms with Crippen molar-refractivity contribution in [3.63, 3.8) is 0 Å². The van der Waals surface area contributed by atoms with Gasteiger partial charge in [0.2, 0.25) is 0 Å². The molecular weight excluding hydrogens is 256 g/mol. The first kappa shape index (κ1) is 15.5. The van der Waals surface area contributed by atoms with Crippen LogP contribution in [0.25, 0.3) is 0 Å². The van der Waals surface area contributed by atoms with Gasteiger partial charge < -0.3 is 13.3 Å². The Morgan fingerprint density at radius 1 is 1.20 bits per heavy atom. The van der Waals surface area contributed by atoms with Crippen LogP contribution < -0.4 is 11.5 Å². The molecule has 92 valence electrons. The van der Waals surface area contributed by atoms with Gasteiger partial charge in [0.1, 0.15) is 0 Å². The lowest BCUT2D eigenvalue weighted by Crippen LogP contribution is -2.42. The van der Waals surface area contributed by atoms with E-state index in [1.807, 2.05) is 0 Å². The van der Waals surface area contributed by atoms with Crippen molar-refractivity contribution in [2.24, 2.45) is 11.5 Å². The molecule has 0 rings (SSSR count). The fourth-order valence-electron chi connectivity index (χ4n) is 1.09. The second-order valence-corrected chi connectivity index (χ2v) is 8.59. The molecule has 0 saturated carbocycles. The first-order valence-electron chi connectivity index (χ1n) is 4.42. The van der Waals surface area contributed by atoms with Gasteiger partial charge in [0.15, 0.2) is 0 Å². The van der Waals surface area contributed by atoms with Crippen LogP contribution in [-0.4, -0.2) is 41.0 Å². The molecule has 4 N–H and O–H groups in total. The minimum absolute atomic E-state index is 0.274. The molecule has 0 radical (unpaired) electrons. The van der Waals surface area contributed by atoms with Crippen LogP contribution in [-0.2, 0) is 13.3 Å². The predicted octanol–water partition coefficient (Wildman–Crippen LogP) is 0.682. The van der Waals surface area contributed by atoms with E-state index >= 15 is 0 Å². The van der Waals surface area contributed by atoms with Crippen molar-refractivity contribution >= 4 is 34.3 Å². The summed E-state index contributed by atoms with van der Waals surface area (Å²) in [6.07, 6.45) is 0.812. The monoisotopic (exact) mass is 274 g/mol. The molecule has 5 nitrogen and oxygen atoms in total. The summed E-state index contributed by atoms with van der Waals surface area (Å²) in [4.78, 5) is 0. The molecule has 0 saturated heterocycles. The third-order valence-electron chi connectivity index (χ3n) is 2.00. The Hall–Kier alpha value is 0.527. The summed E-state index contributed by atoms with van der Waals surface area (Å²) in [5.74, 6) is 0.717. The van der Waals surface area contributed by atoms with E-state index in [0.29, 0.717) is 11.8 Å². The van der Waals surface area contributed by atoms with E-state index in [2.05, 4.69) is 0 Å². The average molecular weight is 275 g/mol. The van der Waals surface area contributed by atoms with Gasteiger partial charge in [-0.1, -0.05) is 9.70 Å². The summed E-state index contributed by atoms with van der Waals surface area (Å²) in [6.45, 7) is 0. The smallest absolute Gasteiger partial charge is 0.377 e. The molecule has 0 heterocycles. The quantitative estimate of drug-likeness (QED) is 0.527. The van der Waals surface area contributed by atoms with Crippen LogP contribution >= 0.6 is 20.4 Å². The van der Waals surface area contributed by atoms with Crippen LogP contribution in [0.2, 0.25) is 6.04 Å². The van der Waals surface area contributed by atoms with Gasteiger partial charge in [-0.2, -0.15) is 0 Å². The molecule has 8 heteroatoms. The molecule has 0 spiro atoms. The molecule has 1 unspecified atom stereocenters. The van der Waals surface area contributed by atoms with E-state index in [9.17, 15) is 0 Å². The zero-order valence-corrected chi connectivity index (χ0v) is 11.9. The van der Waals surface area contributed by atoms with E-state index in [1.54, 1.807) is 21.3 Å². The van der Waals surface area contributed by atoms with E-state index in [4.69, 9.17) is 35.4 Å². The molecule has 0 bridgehead atoms. The highest BCUT2D eigenvalue weighted by atomic mass is 35.7. The van der Waals surface area contributed by atoms with Crippen LogP contribution in [0.4, 0.5) is 0 Å². The molecule has 0 fully saturated rings. The summed E-state index contributed by atoms with van der Waals surface area (Å²) < 4.78 is 15.8. The number of nitrogens with two attached hydrogens (primary N) is 2. The molecule has 0 aromatic heterocycles. The van der Waals surface area contributed by atoms with Gasteiger partial charge in [-0.25, -0.2) is 0 Å². The van der Waals surface area contributed by atoms with E-state index in [1.165, 1.54) is 0 Å². The van der Waals surface area contributed by atoms with Gasteiger partial charge >= 0.3 is 8.80 Å². The highest BCUT2D eigenvalue weighted by molar-refractivity contribution is 8.34. The standard InChI is InChI=1S/C7H19ClN2O3SSi/c1-11-15(12-2,13-3)6-4-5-14(8)7(9)10/h4-6,9-10H2,1-3H3. The lowest BCUT2D eigenvalue weighted by atomic mass is 10.6. The molecule has 0 amide bonds. The molecular formula is C7H19ClN2O3SSi. The van der Waals surface area contributed by atoms with Crippen molar-refractivity contribution in [3.8, 4) is 0 Å². The summed E-state index contributed by atoms with van der Waals surface area (Å²) in [6, 6.07) is 0.708. The van der Waals surface area contributed by atoms with Crippen molar-refractivity contribution < 1.29 is 13.3 Å². The second kappa shape index (κ2) is 7.74.